The van der Waals surface area contributed by atoms with E-state index in [1.54, 1.807) is 24.5 Å². The van der Waals surface area contributed by atoms with Crippen molar-refractivity contribution in [1.82, 2.24) is 9.97 Å². The molecule has 1 N–H and O–H groups in total. The molecule has 4 aromatic rings. The molecular weight excluding hydrogens is 420 g/mol. The first-order valence-corrected chi connectivity index (χ1v) is 11.9. The third-order valence-electron chi connectivity index (χ3n) is 6.78. The minimum absolute atomic E-state index is 0.195. The first-order valence-electron chi connectivity index (χ1n) is 11.9. The van der Waals surface area contributed by atoms with E-state index in [-0.39, 0.29) is 5.91 Å². The zero-order chi connectivity index (χ0) is 22.9. The number of nitrogens with one attached hydrogen (secondary N) is 1. The lowest BCUT2D eigenvalue weighted by Crippen LogP contribution is -2.34. The zero-order valence-corrected chi connectivity index (χ0v) is 19.0. The molecule has 1 amide bonds. The molecule has 0 radical (unpaired) electrons. The van der Waals surface area contributed by atoms with Gasteiger partial charge in [0.2, 0.25) is 0 Å². The first-order chi connectivity index (χ1) is 16.7. The number of hydrogen-bond donors (Lipinski definition) is 1. The Bertz CT molecular complexity index is 1300. The predicted octanol–water partition coefficient (Wildman–Crippen LogP) is 5.76. The van der Waals surface area contributed by atoms with Gasteiger partial charge in [-0.3, -0.25) is 9.78 Å². The van der Waals surface area contributed by atoms with Crippen molar-refractivity contribution >= 4 is 17.4 Å². The molecule has 3 aromatic carbocycles. The first kappa shape index (κ1) is 20.6. The third kappa shape index (κ3) is 3.94. The van der Waals surface area contributed by atoms with Crippen molar-refractivity contribution in [3.8, 4) is 22.4 Å². The fourth-order valence-electron chi connectivity index (χ4n) is 5.12. The molecule has 0 atom stereocenters. The molecule has 0 bridgehead atoms. The van der Waals surface area contributed by atoms with Crippen LogP contribution in [0.4, 0.5) is 11.5 Å². The summed E-state index contributed by atoms with van der Waals surface area (Å²) in [4.78, 5) is 23.8. The van der Waals surface area contributed by atoms with Crippen molar-refractivity contribution in [1.29, 1.82) is 0 Å². The van der Waals surface area contributed by atoms with Crippen LogP contribution in [0.15, 0.2) is 79.1 Å². The molecule has 2 aliphatic rings. The Balaban J connectivity index is 1.20. The van der Waals surface area contributed by atoms with Gasteiger partial charge in [0, 0.05) is 29.9 Å². The number of benzene rings is 3. The van der Waals surface area contributed by atoms with Gasteiger partial charge in [0.15, 0.2) is 5.82 Å². The molecule has 5 heteroatoms. The summed E-state index contributed by atoms with van der Waals surface area (Å²) in [5, 5.41) is 2.80. The molecule has 1 aromatic heterocycles. The van der Waals surface area contributed by atoms with Crippen molar-refractivity contribution in [2.75, 3.05) is 23.3 Å². The van der Waals surface area contributed by atoms with Crippen molar-refractivity contribution in [2.24, 2.45) is 0 Å². The molecule has 168 valence electrons. The smallest absolute Gasteiger partial charge is 0.256 e. The quantitative estimate of drug-likeness (QED) is 0.433. The number of carbonyl (C=O) groups is 1. The molecule has 5 nitrogen and oxygen atoms in total. The fourth-order valence-corrected chi connectivity index (χ4v) is 5.12. The maximum Gasteiger partial charge on any atom is 0.256 e. The van der Waals surface area contributed by atoms with E-state index >= 15 is 0 Å². The van der Waals surface area contributed by atoms with Crippen molar-refractivity contribution in [3.05, 3.63) is 95.8 Å². The molecular formula is C29H26N4O. The van der Waals surface area contributed by atoms with E-state index in [9.17, 15) is 4.79 Å². The second-order valence-corrected chi connectivity index (χ2v) is 9.02. The van der Waals surface area contributed by atoms with Crippen molar-refractivity contribution < 1.29 is 4.79 Å². The Hall–Kier alpha value is -3.99. The number of hydrogen-bond acceptors (Lipinski definition) is 4. The highest BCUT2D eigenvalue weighted by Gasteiger charge is 2.24. The number of rotatable bonds is 4. The number of aryl methyl sites for hydroxylation is 2. The van der Waals surface area contributed by atoms with Gasteiger partial charge >= 0.3 is 0 Å². The summed E-state index contributed by atoms with van der Waals surface area (Å²) in [7, 11) is 0. The van der Waals surface area contributed by atoms with Gasteiger partial charge in [-0.2, -0.15) is 0 Å². The second-order valence-electron chi connectivity index (χ2n) is 9.02. The zero-order valence-electron chi connectivity index (χ0n) is 19.0. The van der Waals surface area contributed by atoms with Gasteiger partial charge < -0.3 is 10.2 Å². The monoisotopic (exact) mass is 446 g/mol. The van der Waals surface area contributed by atoms with Crippen LogP contribution in [0, 0.1) is 0 Å². The van der Waals surface area contributed by atoms with Crippen LogP contribution in [0.3, 0.4) is 0 Å². The molecule has 6 rings (SSSR count). The molecule has 3 heterocycles. The average Bonchev–Trinajstić information content (AvgIpc) is 2.90. The SMILES string of the molecule is O=C(Nc1cnc(-c2ccc(-c3cc4c5c(c3)CCCN5CCC4)cc2)cn1)c1ccccc1. The Morgan fingerprint density at radius 2 is 1.44 bits per heavy atom. The number of carbonyl (C=O) groups excluding carboxylic acids is 1. The van der Waals surface area contributed by atoms with Crippen LogP contribution in [-0.2, 0) is 12.8 Å². The summed E-state index contributed by atoms with van der Waals surface area (Å²) >= 11 is 0. The van der Waals surface area contributed by atoms with Gasteiger partial charge in [-0.15, -0.1) is 0 Å². The highest BCUT2D eigenvalue weighted by Crippen LogP contribution is 2.38. The maximum atomic E-state index is 12.3. The van der Waals surface area contributed by atoms with Crippen LogP contribution in [-0.4, -0.2) is 29.0 Å². The van der Waals surface area contributed by atoms with E-state index in [1.807, 2.05) is 18.2 Å². The summed E-state index contributed by atoms with van der Waals surface area (Å²) in [6, 6.07) is 22.4. The van der Waals surface area contributed by atoms with Crippen LogP contribution in [0.25, 0.3) is 22.4 Å². The van der Waals surface area contributed by atoms with E-state index in [2.05, 4.69) is 56.6 Å². The van der Waals surface area contributed by atoms with E-state index < -0.39 is 0 Å². The topological polar surface area (TPSA) is 58.1 Å². The molecule has 0 spiro atoms. The lowest BCUT2D eigenvalue weighted by molar-refractivity contribution is 0.102. The van der Waals surface area contributed by atoms with Crippen molar-refractivity contribution in [3.63, 3.8) is 0 Å². The largest absolute Gasteiger partial charge is 0.371 e. The highest BCUT2D eigenvalue weighted by atomic mass is 16.1. The van der Waals surface area contributed by atoms with Gasteiger partial charge in [0.05, 0.1) is 18.1 Å². The minimum Gasteiger partial charge on any atom is -0.371 e. The summed E-state index contributed by atoms with van der Waals surface area (Å²) in [6.45, 7) is 2.40. The second kappa shape index (κ2) is 8.75. The van der Waals surface area contributed by atoms with E-state index in [0.717, 1.165) is 11.3 Å². The predicted molar refractivity (Wildman–Crippen MR) is 136 cm³/mol. The summed E-state index contributed by atoms with van der Waals surface area (Å²) in [6.07, 6.45) is 8.14. The van der Waals surface area contributed by atoms with Gasteiger partial charge in [-0.1, -0.05) is 42.5 Å². The van der Waals surface area contributed by atoms with Crippen LogP contribution in [0.2, 0.25) is 0 Å². The standard InChI is InChI=1S/C29H26N4O/c34-29(22-6-2-1-3-7-22)32-27-19-30-26(18-31-27)21-12-10-20(11-13-21)25-16-23-8-4-14-33-15-5-9-24(17-25)28(23)33/h1-3,6-7,10-13,16-19H,4-5,8-9,14-15H2,(H,31,32,34). The lowest BCUT2D eigenvalue weighted by atomic mass is 9.88. The summed E-state index contributed by atoms with van der Waals surface area (Å²) < 4.78 is 0. The van der Waals surface area contributed by atoms with E-state index in [0.29, 0.717) is 11.4 Å². The Kier molecular flexibility index (Phi) is 5.30. The van der Waals surface area contributed by atoms with Crippen LogP contribution < -0.4 is 10.2 Å². The molecule has 0 unspecified atom stereocenters. The summed E-state index contributed by atoms with van der Waals surface area (Å²) in [5.41, 5.74) is 9.41. The lowest BCUT2D eigenvalue weighted by Gasteiger charge is -2.37. The van der Waals surface area contributed by atoms with E-state index in [1.165, 1.54) is 66.7 Å². The van der Waals surface area contributed by atoms with Gasteiger partial charge in [0.25, 0.3) is 5.91 Å². The normalized spacial score (nSPS) is 14.4. The molecule has 0 aliphatic carbocycles. The average molecular weight is 447 g/mol. The summed E-state index contributed by atoms with van der Waals surface area (Å²) in [5.74, 6) is 0.241. The van der Waals surface area contributed by atoms with Crippen LogP contribution in [0.1, 0.15) is 34.3 Å². The number of nitrogens with zero attached hydrogens (tertiary/aromatic N) is 3. The highest BCUT2D eigenvalue weighted by molar-refractivity contribution is 6.03. The van der Waals surface area contributed by atoms with E-state index in [4.69, 9.17) is 0 Å². The van der Waals surface area contributed by atoms with Crippen molar-refractivity contribution in [2.45, 2.75) is 25.7 Å². The Morgan fingerprint density at radius 1 is 0.765 bits per heavy atom. The third-order valence-corrected chi connectivity index (χ3v) is 6.78. The number of amides is 1. The Morgan fingerprint density at radius 3 is 2.09 bits per heavy atom. The molecule has 0 saturated carbocycles. The van der Waals surface area contributed by atoms with Gasteiger partial charge in [-0.05, 0) is 72.2 Å². The Labute approximate surface area is 199 Å². The van der Waals surface area contributed by atoms with Gasteiger partial charge in [0.1, 0.15) is 0 Å². The molecule has 0 saturated heterocycles. The van der Waals surface area contributed by atoms with Gasteiger partial charge in [-0.25, -0.2) is 4.98 Å². The molecule has 2 aliphatic heterocycles. The fraction of sp³-hybridized carbons (Fsp3) is 0.207. The van der Waals surface area contributed by atoms with Crippen LogP contribution >= 0.6 is 0 Å². The number of anilines is 2. The maximum absolute atomic E-state index is 12.3. The molecule has 0 fully saturated rings. The minimum atomic E-state index is -0.195. The number of aromatic nitrogens is 2. The van der Waals surface area contributed by atoms with Crippen LogP contribution in [0.5, 0.6) is 0 Å². The molecule has 34 heavy (non-hydrogen) atoms.